The van der Waals surface area contributed by atoms with E-state index >= 15 is 4.39 Å². The van der Waals surface area contributed by atoms with Gasteiger partial charge in [-0.2, -0.15) is 13.2 Å². The molecular weight excluding hydrogens is 569 g/mol. The molecule has 1 saturated heterocycles. The minimum atomic E-state index is -4.90. The lowest BCUT2D eigenvalue weighted by Gasteiger charge is -2.43. The number of hydrogen-bond donors (Lipinski definition) is 0. The maximum atomic E-state index is 15.3. The van der Waals surface area contributed by atoms with Crippen LogP contribution in [0.5, 0.6) is 0 Å². The van der Waals surface area contributed by atoms with Gasteiger partial charge in [-0.25, -0.2) is 9.18 Å². The van der Waals surface area contributed by atoms with Gasteiger partial charge in [-0.1, -0.05) is 89.4 Å². The Labute approximate surface area is 230 Å². The highest BCUT2D eigenvalue weighted by Crippen LogP contribution is 2.40. The molecule has 38 heavy (non-hydrogen) atoms. The van der Waals surface area contributed by atoms with E-state index in [-0.39, 0.29) is 45.9 Å². The number of alkyl halides is 4. The van der Waals surface area contributed by atoms with Crippen LogP contribution in [0, 0.1) is 0 Å². The number of ether oxygens (including phenoxy) is 1. The molecule has 11 heteroatoms. The quantitative estimate of drug-likeness (QED) is 0.126. The summed E-state index contributed by atoms with van der Waals surface area (Å²) in [4.78, 5) is 26.0. The summed E-state index contributed by atoms with van der Waals surface area (Å²) in [5.41, 5.74) is -2.70. The highest BCUT2D eigenvalue weighted by molar-refractivity contribution is 6.48. The molecule has 0 atom stereocenters. The Morgan fingerprint density at radius 2 is 1.50 bits per heavy atom. The Hall–Kier alpha value is -3.07. The summed E-state index contributed by atoms with van der Waals surface area (Å²) in [7, 11) is 0. The number of carbonyl (C=O) groups is 2. The lowest BCUT2D eigenvalue weighted by atomic mass is 9.87. The van der Waals surface area contributed by atoms with Crippen molar-refractivity contribution in [3.05, 3.63) is 110 Å². The molecule has 3 aromatic carbocycles. The molecule has 0 N–H and O–H groups in total. The number of likely N-dealkylation sites (tertiary alicyclic amines) is 1. The second-order valence-corrected chi connectivity index (χ2v) is 9.81. The fraction of sp³-hybridized carbons (Fsp3) is 0.185. The van der Waals surface area contributed by atoms with Crippen LogP contribution in [0.25, 0.3) is 5.57 Å². The van der Waals surface area contributed by atoms with Gasteiger partial charge in [-0.15, -0.1) is 0 Å². The molecule has 3 aromatic rings. The molecule has 4 nitrogen and oxygen atoms in total. The maximum Gasteiger partial charge on any atom is 0.417 e. The Morgan fingerprint density at radius 3 is 2.05 bits per heavy atom. The van der Waals surface area contributed by atoms with Crippen LogP contribution in [0.2, 0.25) is 15.1 Å². The van der Waals surface area contributed by atoms with Gasteiger partial charge in [0.15, 0.2) is 11.5 Å². The zero-order valence-corrected chi connectivity index (χ0v) is 21.6. The molecular formula is C27H18Cl3F4NO3. The predicted octanol–water partition coefficient (Wildman–Crippen LogP) is 8.29. The van der Waals surface area contributed by atoms with Crippen LogP contribution in [-0.4, -0.2) is 36.0 Å². The summed E-state index contributed by atoms with van der Waals surface area (Å²) in [6.45, 7) is -0.470. The van der Waals surface area contributed by atoms with Crippen LogP contribution in [0.15, 0.2) is 72.8 Å². The normalized spacial score (nSPS) is 15.1. The fourth-order valence-electron chi connectivity index (χ4n) is 3.87. The lowest BCUT2D eigenvalue weighted by Crippen LogP contribution is -2.58. The van der Waals surface area contributed by atoms with Gasteiger partial charge in [0.2, 0.25) is 0 Å². The van der Waals surface area contributed by atoms with Crippen molar-refractivity contribution in [3.63, 3.8) is 0 Å². The summed E-state index contributed by atoms with van der Waals surface area (Å²) in [6.07, 6.45) is -5.14. The number of carbonyl (C=O) groups excluding carboxylic acids is 2. The monoisotopic (exact) mass is 585 g/mol. The van der Waals surface area contributed by atoms with Crippen molar-refractivity contribution >= 4 is 52.3 Å². The van der Waals surface area contributed by atoms with Gasteiger partial charge >= 0.3 is 12.3 Å². The predicted molar refractivity (Wildman–Crippen MR) is 137 cm³/mol. The van der Waals surface area contributed by atoms with E-state index in [4.69, 9.17) is 39.5 Å². The molecule has 1 aliphatic rings. The number of halogens is 7. The average molecular weight is 587 g/mol. The molecule has 0 aromatic heterocycles. The van der Waals surface area contributed by atoms with Crippen molar-refractivity contribution in [2.45, 2.75) is 18.5 Å². The third kappa shape index (κ3) is 6.14. The van der Waals surface area contributed by atoms with E-state index in [1.54, 1.807) is 24.3 Å². The SMILES string of the molecule is O=C(C=C(c1cc(Cl)c(Cl)c(Cl)c1)C(F)(F)F)c1ccc(C2(F)CN(C(=O)OCc3ccccc3)C2)cc1. The maximum absolute atomic E-state index is 15.3. The highest BCUT2D eigenvalue weighted by atomic mass is 35.5. The van der Waals surface area contributed by atoms with E-state index in [1.165, 1.54) is 29.2 Å². The zero-order valence-electron chi connectivity index (χ0n) is 19.4. The molecule has 0 unspecified atom stereocenters. The molecule has 198 valence electrons. The van der Waals surface area contributed by atoms with Gasteiger partial charge in [-0.3, -0.25) is 4.79 Å². The first kappa shape index (κ1) is 28.0. The Morgan fingerprint density at radius 1 is 0.921 bits per heavy atom. The molecule has 1 amide bonds. The molecule has 0 spiro atoms. The highest BCUT2D eigenvalue weighted by Gasteiger charge is 2.48. The molecule has 1 aliphatic heterocycles. The number of amides is 1. The van der Waals surface area contributed by atoms with Crippen molar-refractivity contribution in [3.8, 4) is 0 Å². The second-order valence-electron chi connectivity index (χ2n) is 8.61. The summed E-state index contributed by atoms with van der Waals surface area (Å²) in [5.74, 6) is -0.960. The van der Waals surface area contributed by atoms with Crippen molar-refractivity contribution < 1.29 is 31.9 Å². The van der Waals surface area contributed by atoms with Crippen LogP contribution in [-0.2, 0) is 17.0 Å². The zero-order chi connectivity index (χ0) is 27.7. The van der Waals surface area contributed by atoms with Crippen molar-refractivity contribution in [1.29, 1.82) is 0 Å². The van der Waals surface area contributed by atoms with Crippen LogP contribution < -0.4 is 0 Å². The van der Waals surface area contributed by atoms with E-state index in [0.717, 1.165) is 17.7 Å². The summed E-state index contributed by atoms with van der Waals surface area (Å²) >= 11 is 17.5. The van der Waals surface area contributed by atoms with Gasteiger partial charge < -0.3 is 9.64 Å². The first-order valence-electron chi connectivity index (χ1n) is 11.1. The van der Waals surface area contributed by atoms with Gasteiger partial charge in [0.25, 0.3) is 0 Å². The lowest BCUT2D eigenvalue weighted by molar-refractivity contribution is -0.0689. The van der Waals surface area contributed by atoms with Gasteiger partial charge in [0, 0.05) is 5.56 Å². The Kier molecular flexibility index (Phi) is 8.06. The van der Waals surface area contributed by atoms with Crippen molar-refractivity contribution in [2.24, 2.45) is 0 Å². The van der Waals surface area contributed by atoms with E-state index in [0.29, 0.717) is 6.08 Å². The number of hydrogen-bond acceptors (Lipinski definition) is 3. The van der Waals surface area contributed by atoms with E-state index in [1.807, 2.05) is 6.07 Å². The van der Waals surface area contributed by atoms with Crippen LogP contribution in [0.1, 0.15) is 27.0 Å². The number of benzene rings is 3. The first-order valence-corrected chi connectivity index (χ1v) is 12.2. The van der Waals surface area contributed by atoms with Gasteiger partial charge in [0.1, 0.15) is 6.61 Å². The topological polar surface area (TPSA) is 46.6 Å². The van der Waals surface area contributed by atoms with Crippen molar-refractivity contribution in [1.82, 2.24) is 4.90 Å². The van der Waals surface area contributed by atoms with E-state index in [9.17, 15) is 22.8 Å². The number of ketones is 1. The Balaban J connectivity index is 1.44. The third-order valence-electron chi connectivity index (χ3n) is 5.91. The van der Waals surface area contributed by atoms with Crippen LogP contribution in [0.4, 0.5) is 22.4 Å². The van der Waals surface area contributed by atoms with Gasteiger partial charge in [0.05, 0.1) is 33.7 Å². The van der Waals surface area contributed by atoms with Crippen LogP contribution in [0.3, 0.4) is 0 Å². The largest absolute Gasteiger partial charge is 0.445 e. The van der Waals surface area contributed by atoms with E-state index < -0.39 is 34.9 Å². The third-order valence-corrected chi connectivity index (χ3v) is 7.11. The van der Waals surface area contributed by atoms with Crippen molar-refractivity contribution in [2.75, 3.05) is 13.1 Å². The van der Waals surface area contributed by atoms with Gasteiger partial charge in [-0.05, 0) is 34.9 Å². The molecule has 1 fully saturated rings. The molecule has 0 saturated carbocycles. The molecule has 1 heterocycles. The minimum Gasteiger partial charge on any atom is -0.445 e. The van der Waals surface area contributed by atoms with Crippen LogP contribution >= 0.6 is 34.8 Å². The summed E-state index contributed by atoms with van der Waals surface area (Å²) in [5, 5.41) is -0.514. The number of nitrogens with zero attached hydrogens (tertiary/aromatic N) is 1. The van der Waals surface area contributed by atoms with E-state index in [2.05, 4.69) is 0 Å². The minimum absolute atomic E-state index is 0.0497. The molecule has 0 aliphatic carbocycles. The smallest absolute Gasteiger partial charge is 0.417 e. The fourth-order valence-corrected chi connectivity index (χ4v) is 4.46. The number of allylic oxidation sites excluding steroid dienone is 2. The first-order chi connectivity index (χ1) is 17.9. The molecule has 4 rings (SSSR count). The Bertz CT molecular complexity index is 1360. The molecule has 0 radical (unpaired) electrons. The number of rotatable bonds is 6. The summed E-state index contributed by atoms with van der Waals surface area (Å²) in [6, 6.07) is 16.0. The second kappa shape index (κ2) is 11.0. The standard InChI is InChI=1S/C27H18Cl3F4NO3/c28-21-10-18(11-22(29)24(21)30)20(27(32,33)34)12-23(36)17-6-8-19(9-7-17)26(31)14-35(15-26)25(37)38-13-16-4-2-1-3-5-16/h1-12H,13-15H2. The average Bonchev–Trinajstić information content (AvgIpc) is 2.86. The molecule has 0 bridgehead atoms. The summed E-state index contributed by atoms with van der Waals surface area (Å²) < 4.78 is 61.7.